The van der Waals surface area contributed by atoms with Gasteiger partial charge in [-0.25, -0.2) is 0 Å². The van der Waals surface area contributed by atoms with Crippen molar-refractivity contribution in [1.82, 2.24) is 0 Å². The van der Waals surface area contributed by atoms with Crippen LogP contribution >= 0.6 is 67.8 Å². The molecule has 0 heterocycles. The van der Waals surface area contributed by atoms with Crippen LogP contribution in [0.2, 0.25) is 0 Å². The maximum absolute atomic E-state index is 11.8. The average Bonchev–Trinajstić information content (AvgIpc) is 2.26. The zero-order valence-electron chi connectivity index (χ0n) is 9.64. The Bertz CT molecular complexity index is 550. The van der Waals surface area contributed by atoms with Crippen LogP contribution in [0.3, 0.4) is 0 Å². The van der Waals surface area contributed by atoms with E-state index in [2.05, 4.69) is 0 Å². The first-order valence-corrected chi connectivity index (χ1v) is 8.30. The molecule has 0 radical (unpaired) electrons. The first-order chi connectivity index (χ1) is 8.31. The molecule has 0 bridgehead atoms. The monoisotopic (exact) mass is 582 g/mol. The van der Waals surface area contributed by atoms with Gasteiger partial charge in [0, 0.05) is 84.5 Å². The summed E-state index contributed by atoms with van der Waals surface area (Å²) in [7, 11) is 0. The van der Waals surface area contributed by atoms with Gasteiger partial charge in [-0.1, -0.05) is 6.92 Å². The Kier molecular flexibility index (Phi) is 6.16. The Morgan fingerprint density at radius 3 is 1.83 bits per heavy atom. The molecular weight excluding hydrogens is 573 g/mol. The minimum absolute atomic E-state index is 0.139. The van der Waals surface area contributed by atoms with Crippen LogP contribution in [-0.2, 0) is 6.42 Å². The second kappa shape index (κ2) is 6.73. The minimum atomic E-state index is -0.162. The molecular formula is C12H9I3O3. The van der Waals surface area contributed by atoms with Crippen molar-refractivity contribution in [3.05, 3.63) is 33.9 Å². The van der Waals surface area contributed by atoms with E-state index in [4.69, 9.17) is 0 Å². The van der Waals surface area contributed by atoms with E-state index in [1.165, 1.54) is 0 Å². The lowest BCUT2D eigenvalue weighted by atomic mass is 9.92. The number of hydrogen-bond acceptors (Lipinski definition) is 3. The molecule has 0 aromatic heterocycles. The fourth-order valence-corrected chi connectivity index (χ4v) is 3.62. The van der Waals surface area contributed by atoms with Gasteiger partial charge in [-0.05, 0) is 30.5 Å². The molecule has 0 aliphatic carbocycles. The lowest BCUT2D eigenvalue weighted by Gasteiger charge is -2.14. The molecule has 0 N–H and O–H groups in total. The normalized spacial score (nSPS) is 10.3. The summed E-state index contributed by atoms with van der Waals surface area (Å²) >= 11 is 5.05. The van der Waals surface area contributed by atoms with Crippen molar-refractivity contribution in [2.45, 2.75) is 20.3 Å². The summed E-state index contributed by atoms with van der Waals surface area (Å²) < 4.78 is -0.451. The largest absolute Gasteiger partial charge is 0.282 e. The summed E-state index contributed by atoms with van der Waals surface area (Å²) in [6.07, 6.45) is 0.588. The van der Waals surface area contributed by atoms with Gasteiger partial charge in [-0.15, -0.1) is 0 Å². The molecule has 6 heteroatoms. The minimum Gasteiger partial charge on any atom is -0.282 e. The van der Waals surface area contributed by atoms with Crippen LogP contribution in [0.15, 0.2) is 6.07 Å². The van der Waals surface area contributed by atoms with Crippen molar-refractivity contribution in [2.24, 2.45) is 0 Å². The zero-order chi connectivity index (χ0) is 14.0. The maximum atomic E-state index is 11.8. The number of rotatable bonds is 4. The SMILES string of the molecule is CCc1c(C(=O)I)cc(C(=O)I)c(C)c1C(=O)I. The molecule has 1 aromatic rings. The standard InChI is InChI=1S/C12H9I3O3/c1-3-6-8(11(14)17)4-7(10(13)16)5(2)9(6)12(15)18/h4H,3H2,1-2H3. The Balaban J connectivity index is 3.81. The van der Waals surface area contributed by atoms with Gasteiger partial charge < -0.3 is 0 Å². The zero-order valence-corrected chi connectivity index (χ0v) is 16.1. The lowest BCUT2D eigenvalue weighted by Crippen LogP contribution is -2.10. The van der Waals surface area contributed by atoms with Gasteiger partial charge >= 0.3 is 0 Å². The van der Waals surface area contributed by atoms with E-state index in [1.807, 2.05) is 6.92 Å². The van der Waals surface area contributed by atoms with E-state index in [1.54, 1.807) is 80.8 Å². The van der Waals surface area contributed by atoms with E-state index in [0.717, 1.165) is 5.56 Å². The molecule has 3 nitrogen and oxygen atoms in total. The Morgan fingerprint density at radius 1 is 1.00 bits per heavy atom. The molecule has 0 aliphatic rings. The molecule has 0 saturated heterocycles. The summed E-state index contributed by atoms with van der Waals surface area (Å²) in [5.74, 6) is 0. The second-order valence-corrected chi connectivity index (χ2v) is 6.56. The highest BCUT2D eigenvalue weighted by Crippen LogP contribution is 2.28. The smallest absolute Gasteiger partial charge is 0.222 e. The van der Waals surface area contributed by atoms with Crippen LogP contribution < -0.4 is 0 Å². The van der Waals surface area contributed by atoms with Gasteiger partial charge in [-0.3, -0.25) is 14.4 Å². The highest BCUT2D eigenvalue weighted by atomic mass is 127. The first kappa shape index (κ1) is 16.5. The number of carbonyl (C=O) groups excluding carboxylic acids is 3. The van der Waals surface area contributed by atoms with E-state index in [-0.39, 0.29) is 11.4 Å². The van der Waals surface area contributed by atoms with Crippen molar-refractivity contribution in [3.63, 3.8) is 0 Å². The average molecular weight is 582 g/mol. The summed E-state index contributed by atoms with van der Waals surface area (Å²) in [4.78, 5) is 35.0. The van der Waals surface area contributed by atoms with Crippen LogP contribution in [0.5, 0.6) is 0 Å². The molecule has 0 aliphatic heterocycles. The number of hydrogen-bond donors (Lipinski definition) is 0. The Morgan fingerprint density at radius 2 is 1.50 bits per heavy atom. The van der Waals surface area contributed by atoms with Crippen molar-refractivity contribution in [2.75, 3.05) is 0 Å². The van der Waals surface area contributed by atoms with Gasteiger partial charge in [0.25, 0.3) is 0 Å². The summed E-state index contributed by atoms with van der Waals surface area (Å²) in [6, 6.07) is 1.60. The van der Waals surface area contributed by atoms with Crippen LogP contribution in [0.4, 0.5) is 0 Å². The molecule has 0 spiro atoms. The Labute approximate surface area is 146 Å². The van der Waals surface area contributed by atoms with E-state index in [9.17, 15) is 14.4 Å². The summed E-state index contributed by atoms with van der Waals surface area (Å²) in [6.45, 7) is 3.64. The topological polar surface area (TPSA) is 51.2 Å². The third-order valence-electron chi connectivity index (χ3n) is 2.67. The van der Waals surface area contributed by atoms with Gasteiger partial charge in [0.1, 0.15) is 0 Å². The molecule has 96 valence electrons. The second-order valence-electron chi connectivity index (χ2n) is 3.62. The fourth-order valence-electron chi connectivity index (χ4n) is 1.85. The highest BCUT2D eigenvalue weighted by Gasteiger charge is 2.22. The predicted molar refractivity (Wildman–Crippen MR) is 95.6 cm³/mol. The van der Waals surface area contributed by atoms with Crippen LogP contribution in [0, 0.1) is 6.92 Å². The lowest BCUT2D eigenvalue weighted by molar-refractivity contribution is 0.110. The van der Waals surface area contributed by atoms with Gasteiger partial charge in [0.2, 0.25) is 11.4 Å². The molecule has 0 atom stereocenters. The summed E-state index contributed by atoms with van der Waals surface area (Å²) in [5.41, 5.74) is 2.79. The van der Waals surface area contributed by atoms with Crippen molar-refractivity contribution in [1.29, 1.82) is 0 Å². The fraction of sp³-hybridized carbons (Fsp3) is 0.250. The number of carbonyl (C=O) groups is 3. The quantitative estimate of drug-likeness (QED) is 0.394. The third-order valence-corrected chi connectivity index (χ3v) is 4.37. The van der Waals surface area contributed by atoms with Crippen molar-refractivity contribution >= 4 is 79.1 Å². The Hall–Kier alpha value is 0.420. The van der Waals surface area contributed by atoms with Gasteiger partial charge in [0.05, 0.1) is 0 Å². The molecule has 18 heavy (non-hydrogen) atoms. The maximum Gasteiger partial charge on any atom is 0.222 e. The molecule has 1 aromatic carbocycles. The summed E-state index contributed by atoms with van der Waals surface area (Å²) in [5, 5.41) is 0. The molecule has 1 rings (SSSR count). The first-order valence-electron chi connectivity index (χ1n) is 5.07. The number of benzene rings is 1. The molecule has 0 saturated carbocycles. The number of halogens is 3. The molecule has 0 amide bonds. The van der Waals surface area contributed by atoms with E-state index < -0.39 is 0 Å². The van der Waals surface area contributed by atoms with E-state index >= 15 is 0 Å². The highest BCUT2D eigenvalue weighted by molar-refractivity contribution is 14.1. The van der Waals surface area contributed by atoms with Crippen molar-refractivity contribution in [3.8, 4) is 0 Å². The van der Waals surface area contributed by atoms with Gasteiger partial charge in [0.15, 0.2) is 0 Å². The van der Waals surface area contributed by atoms with Crippen LogP contribution in [-0.4, -0.2) is 11.4 Å². The van der Waals surface area contributed by atoms with Crippen molar-refractivity contribution < 1.29 is 14.4 Å². The third kappa shape index (κ3) is 3.30. The predicted octanol–water partition coefficient (Wildman–Crippen LogP) is 4.28. The van der Waals surface area contributed by atoms with Crippen LogP contribution in [0.1, 0.15) is 49.1 Å². The van der Waals surface area contributed by atoms with E-state index in [0.29, 0.717) is 28.7 Å². The molecule has 0 fully saturated rings. The molecule has 0 unspecified atom stereocenters. The van der Waals surface area contributed by atoms with Gasteiger partial charge in [-0.2, -0.15) is 0 Å². The van der Waals surface area contributed by atoms with Crippen LogP contribution in [0.25, 0.3) is 0 Å².